The molecule has 0 saturated carbocycles. The normalized spacial score (nSPS) is 10.5. The summed E-state index contributed by atoms with van der Waals surface area (Å²) in [6.07, 6.45) is 2.07. The van der Waals surface area contributed by atoms with Gasteiger partial charge in [-0.2, -0.15) is 0 Å². The highest BCUT2D eigenvalue weighted by molar-refractivity contribution is 9.10. The molecule has 1 aromatic rings. The summed E-state index contributed by atoms with van der Waals surface area (Å²) in [6, 6.07) is 3.16. The summed E-state index contributed by atoms with van der Waals surface area (Å²) < 4.78 is 0.635. The second kappa shape index (κ2) is 7.59. The Hall–Kier alpha value is -0.810. The largest absolute Gasteiger partial charge is 0.338 e. The fourth-order valence-electron chi connectivity index (χ4n) is 1.38. The van der Waals surface area contributed by atoms with Crippen molar-refractivity contribution in [3.63, 3.8) is 0 Å². The number of nitrogens with one attached hydrogen (secondary N) is 2. The molecule has 0 fully saturated rings. The van der Waals surface area contributed by atoms with Gasteiger partial charge in [0.15, 0.2) is 5.15 Å². The van der Waals surface area contributed by atoms with Gasteiger partial charge in [0.05, 0.1) is 5.69 Å². The molecule has 0 radical (unpaired) electrons. The highest BCUT2D eigenvalue weighted by atomic mass is 79.9. The third-order valence-corrected chi connectivity index (χ3v) is 3.04. The number of carbonyl (C=O) groups excluding carboxylic acids is 1. The van der Waals surface area contributed by atoms with E-state index in [4.69, 9.17) is 11.6 Å². The van der Waals surface area contributed by atoms with E-state index in [0.29, 0.717) is 22.8 Å². The van der Waals surface area contributed by atoms with Gasteiger partial charge in [-0.1, -0.05) is 25.4 Å². The number of urea groups is 1. The van der Waals surface area contributed by atoms with E-state index in [9.17, 15) is 4.79 Å². The van der Waals surface area contributed by atoms with E-state index < -0.39 is 0 Å². The first-order chi connectivity index (χ1) is 8.49. The van der Waals surface area contributed by atoms with Crippen molar-refractivity contribution in [2.75, 3.05) is 11.9 Å². The molecule has 100 valence electrons. The van der Waals surface area contributed by atoms with Crippen molar-refractivity contribution in [3.05, 3.63) is 21.9 Å². The number of pyridine rings is 1. The molecule has 1 aromatic heterocycles. The number of rotatable bonds is 5. The minimum atomic E-state index is -0.259. The SMILES string of the molecule is CC(C)CCCNC(=O)Nc1ccc(Br)nc1Cl. The molecule has 0 bridgehead atoms. The summed E-state index contributed by atoms with van der Waals surface area (Å²) in [4.78, 5) is 15.6. The molecule has 2 N–H and O–H groups in total. The Labute approximate surface area is 121 Å². The van der Waals surface area contributed by atoms with Crippen LogP contribution in [0.4, 0.5) is 10.5 Å². The van der Waals surface area contributed by atoms with Crippen LogP contribution in [-0.2, 0) is 0 Å². The smallest absolute Gasteiger partial charge is 0.319 e. The molecule has 0 aromatic carbocycles. The summed E-state index contributed by atoms with van der Waals surface area (Å²) >= 11 is 9.10. The van der Waals surface area contributed by atoms with Crippen LogP contribution in [0, 0.1) is 5.92 Å². The number of aromatic nitrogens is 1. The molecule has 2 amide bonds. The Balaban J connectivity index is 2.35. The summed E-state index contributed by atoms with van der Waals surface area (Å²) in [5.41, 5.74) is 0.501. The standard InChI is InChI=1S/C12H17BrClN3O/c1-8(2)4-3-7-15-12(18)16-9-5-6-10(13)17-11(9)14/h5-6,8H,3-4,7H2,1-2H3,(H2,15,16,18). The molecule has 0 aliphatic heterocycles. The quantitative estimate of drug-likeness (QED) is 0.630. The summed E-state index contributed by atoms with van der Waals surface area (Å²) in [6.45, 7) is 4.98. The van der Waals surface area contributed by atoms with Crippen molar-refractivity contribution >= 4 is 39.2 Å². The number of carbonyl (C=O) groups is 1. The van der Waals surface area contributed by atoms with Crippen LogP contribution in [0.25, 0.3) is 0 Å². The van der Waals surface area contributed by atoms with Gasteiger partial charge in [-0.15, -0.1) is 0 Å². The van der Waals surface area contributed by atoms with Crippen LogP contribution >= 0.6 is 27.5 Å². The number of halogens is 2. The molecule has 0 saturated heterocycles. The Morgan fingerprint density at radius 3 is 2.83 bits per heavy atom. The highest BCUT2D eigenvalue weighted by Crippen LogP contribution is 2.21. The molecule has 4 nitrogen and oxygen atoms in total. The molecule has 0 aliphatic rings. The van der Waals surface area contributed by atoms with Crippen molar-refractivity contribution < 1.29 is 4.79 Å². The van der Waals surface area contributed by atoms with Gasteiger partial charge in [0.1, 0.15) is 4.60 Å². The Morgan fingerprint density at radius 2 is 2.22 bits per heavy atom. The summed E-state index contributed by atoms with van der Waals surface area (Å²) in [5, 5.41) is 5.71. The minimum Gasteiger partial charge on any atom is -0.338 e. The van der Waals surface area contributed by atoms with Gasteiger partial charge in [0, 0.05) is 6.54 Å². The van der Waals surface area contributed by atoms with E-state index in [0.717, 1.165) is 12.8 Å². The minimum absolute atomic E-state index is 0.259. The number of hydrogen-bond acceptors (Lipinski definition) is 2. The zero-order valence-electron chi connectivity index (χ0n) is 10.5. The number of hydrogen-bond donors (Lipinski definition) is 2. The maximum atomic E-state index is 11.6. The van der Waals surface area contributed by atoms with Crippen LogP contribution in [0.1, 0.15) is 26.7 Å². The van der Waals surface area contributed by atoms with E-state index >= 15 is 0 Å². The number of nitrogens with zero attached hydrogens (tertiary/aromatic N) is 1. The predicted octanol–water partition coefficient (Wildman–Crippen LogP) is 4.06. The predicted molar refractivity (Wildman–Crippen MR) is 78.0 cm³/mol. The van der Waals surface area contributed by atoms with Crippen molar-refractivity contribution in [2.45, 2.75) is 26.7 Å². The van der Waals surface area contributed by atoms with Crippen molar-refractivity contribution in [2.24, 2.45) is 5.92 Å². The third kappa shape index (κ3) is 5.69. The number of amides is 2. The van der Waals surface area contributed by atoms with Crippen LogP contribution in [0.2, 0.25) is 5.15 Å². The second-order valence-electron chi connectivity index (χ2n) is 4.39. The monoisotopic (exact) mass is 333 g/mol. The number of anilines is 1. The first-order valence-corrected chi connectivity index (χ1v) is 7.03. The van der Waals surface area contributed by atoms with Gasteiger partial charge in [0.25, 0.3) is 0 Å². The molecule has 0 spiro atoms. The lowest BCUT2D eigenvalue weighted by atomic mass is 10.1. The van der Waals surface area contributed by atoms with Crippen molar-refractivity contribution in [1.29, 1.82) is 0 Å². The fourth-order valence-corrected chi connectivity index (χ4v) is 2.00. The molecule has 0 unspecified atom stereocenters. The molecular formula is C12H17BrClN3O. The summed E-state index contributed by atoms with van der Waals surface area (Å²) in [7, 11) is 0. The van der Waals surface area contributed by atoms with Crippen LogP contribution in [-0.4, -0.2) is 17.6 Å². The molecule has 1 heterocycles. The van der Waals surface area contributed by atoms with Crippen LogP contribution in [0.5, 0.6) is 0 Å². The van der Waals surface area contributed by atoms with Crippen LogP contribution in [0.3, 0.4) is 0 Å². The lowest BCUT2D eigenvalue weighted by molar-refractivity contribution is 0.251. The molecule has 0 atom stereocenters. The zero-order valence-corrected chi connectivity index (χ0v) is 12.8. The topological polar surface area (TPSA) is 54.0 Å². The highest BCUT2D eigenvalue weighted by Gasteiger charge is 2.06. The van der Waals surface area contributed by atoms with E-state index in [2.05, 4.69) is 45.4 Å². The molecule has 1 rings (SSSR count). The van der Waals surface area contributed by atoms with Gasteiger partial charge < -0.3 is 10.6 Å². The summed E-state index contributed by atoms with van der Waals surface area (Å²) in [5.74, 6) is 0.653. The van der Waals surface area contributed by atoms with Crippen LogP contribution < -0.4 is 10.6 Å². The molecule has 18 heavy (non-hydrogen) atoms. The molecule has 6 heteroatoms. The lowest BCUT2D eigenvalue weighted by Crippen LogP contribution is -2.29. The van der Waals surface area contributed by atoms with E-state index in [1.165, 1.54) is 0 Å². The Bertz CT molecular complexity index is 412. The maximum absolute atomic E-state index is 11.6. The average molecular weight is 335 g/mol. The van der Waals surface area contributed by atoms with Crippen molar-refractivity contribution in [3.8, 4) is 0 Å². The fraction of sp³-hybridized carbons (Fsp3) is 0.500. The Kier molecular flexibility index (Phi) is 6.43. The van der Waals surface area contributed by atoms with E-state index in [-0.39, 0.29) is 11.2 Å². The van der Waals surface area contributed by atoms with Gasteiger partial charge in [-0.05, 0) is 46.8 Å². The van der Waals surface area contributed by atoms with Crippen molar-refractivity contribution in [1.82, 2.24) is 10.3 Å². The lowest BCUT2D eigenvalue weighted by Gasteiger charge is -2.09. The van der Waals surface area contributed by atoms with Gasteiger partial charge in [-0.3, -0.25) is 0 Å². The molecular weight excluding hydrogens is 318 g/mol. The van der Waals surface area contributed by atoms with Gasteiger partial charge >= 0.3 is 6.03 Å². The van der Waals surface area contributed by atoms with Crippen LogP contribution in [0.15, 0.2) is 16.7 Å². The van der Waals surface area contributed by atoms with E-state index in [1.807, 2.05) is 0 Å². The third-order valence-electron chi connectivity index (χ3n) is 2.31. The molecule has 0 aliphatic carbocycles. The van der Waals surface area contributed by atoms with Gasteiger partial charge in [0.2, 0.25) is 0 Å². The average Bonchev–Trinajstić information content (AvgIpc) is 2.28. The Morgan fingerprint density at radius 1 is 1.50 bits per heavy atom. The first kappa shape index (κ1) is 15.2. The van der Waals surface area contributed by atoms with Gasteiger partial charge in [-0.25, -0.2) is 9.78 Å². The zero-order chi connectivity index (χ0) is 13.5. The second-order valence-corrected chi connectivity index (χ2v) is 5.56. The maximum Gasteiger partial charge on any atom is 0.319 e. The first-order valence-electron chi connectivity index (χ1n) is 5.86. The van der Waals surface area contributed by atoms with E-state index in [1.54, 1.807) is 12.1 Å².